The van der Waals surface area contributed by atoms with Gasteiger partial charge in [-0.15, -0.1) is 12.4 Å². The third-order valence-electron chi connectivity index (χ3n) is 2.11. The molecule has 96 valence electrons. The number of esters is 1. The first-order valence-corrected chi connectivity index (χ1v) is 5.21. The van der Waals surface area contributed by atoms with Crippen molar-refractivity contribution in [1.82, 2.24) is 0 Å². The molecule has 1 aromatic carbocycles. The molecule has 0 aliphatic rings. The monoisotopic (exact) mass is 325 g/mol. The van der Waals surface area contributed by atoms with Gasteiger partial charge < -0.3 is 20.3 Å². The first-order valence-electron chi connectivity index (χ1n) is 4.41. The summed E-state index contributed by atoms with van der Waals surface area (Å²) in [5.41, 5.74) is 5.90. The van der Waals surface area contributed by atoms with E-state index in [2.05, 4.69) is 20.7 Å². The highest BCUT2D eigenvalue weighted by atomic mass is 79.9. The number of aromatic hydroxyl groups is 1. The van der Waals surface area contributed by atoms with Gasteiger partial charge in [-0.25, -0.2) is 0 Å². The Morgan fingerprint density at radius 1 is 1.47 bits per heavy atom. The van der Waals surface area contributed by atoms with E-state index >= 15 is 0 Å². The maximum absolute atomic E-state index is 11.3. The highest BCUT2D eigenvalue weighted by Gasteiger charge is 2.24. The first kappa shape index (κ1) is 16.0. The van der Waals surface area contributed by atoms with Crippen molar-refractivity contribution in [2.45, 2.75) is 6.04 Å². The zero-order valence-corrected chi connectivity index (χ0v) is 11.7. The van der Waals surface area contributed by atoms with Crippen LogP contribution in [0.15, 0.2) is 16.6 Å². The normalized spacial score (nSPS) is 11.3. The summed E-state index contributed by atoms with van der Waals surface area (Å²) < 4.78 is 9.96. The number of phenols is 1. The molecule has 0 radical (unpaired) electrons. The molecule has 0 bridgehead atoms. The van der Waals surface area contributed by atoms with Crippen molar-refractivity contribution < 1.29 is 19.4 Å². The summed E-state index contributed by atoms with van der Waals surface area (Å²) >= 11 is 3.21. The standard InChI is InChI=1S/C10H12BrNO4.ClH/c1-15-6-4-3-5(11)7(9(6)13)8(12)10(14)16-2;/h3-4,8,13H,12H2,1-2H3;1H/t8-;/m1./s1. The van der Waals surface area contributed by atoms with Crippen LogP contribution in [-0.2, 0) is 9.53 Å². The van der Waals surface area contributed by atoms with E-state index in [1.54, 1.807) is 12.1 Å². The molecule has 0 unspecified atom stereocenters. The number of nitrogens with two attached hydrogens (primary N) is 1. The minimum absolute atomic E-state index is 0. The lowest BCUT2D eigenvalue weighted by Gasteiger charge is -2.15. The fourth-order valence-corrected chi connectivity index (χ4v) is 1.84. The number of halogens is 2. The van der Waals surface area contributed by atoms with Gasteiger partial charge in [0.2, 0.25) is 0 Å². The van der Waals surface area contributed by atoms with Crippen molar-refractivity contribution >= 4 is 34.3 Å². The number of hydrogen-bond acceptors (Lipinski definition) is 5. The lowest BCUT2D eigenvalue weighted by Crippen LogP contribution is -2.23. The molecule has 1 rings (SSSR count). The van der Waals surface area contributed by atoms with Crippen LogP contribution in [0.4, 0.5) is 0 Å². The Morgan fingerprint density at radius 2 is 2.06 bits per heavy atom. The number of hydrogen-bond donors (Lipinski definition) is 2. The largest absolute Gasteiger partial charge is 0.504 e. The van der Waals surface area contributed by atoms with Crippen LogP contribution in [0, 0.1) is 0 Å². The number of ether oxygens (including phenoxy) is 2. The van der Waals surface area contributed by atoms with E-state index in [1.807, 2.05) is 0 Å². The van der Waals surface area contributed by atoms with Crippen molar-refractivity contribution in [3.05, 3.63) is 22.2 Å². The Morgan fingerprint density at radius 3 is 2.53 bits per heavy atom. The minimum Gasteiger partial charge on any atom is -0.504 e. The molecule has 0 saturated heterocycles. The van der Waals surface area contributed by atoms with Crippen LogP contribution in [0.25, 0.3) is 0 Å². The highest BCUT2D eigenvalue weighted by molar-refractivity contribution is 9.10. The van der Waals surface area contributed by atoms with Crippen LogP contribution in [0.3, 0.4) is 0 Å². The van der Waals surface area contributed by atoms with Crippen molar-refractivity contribution in [2.24, 2.45) is 5.73 Å². The van der Waals surface area contributed by atoms with Crippen LogP contribution < -0.4 is 10.5 Å². The van der Waals surface area contributed by atoms with Crippen molar-refractivity contribution in [3.63, 3.8) is 0 Å². The second-order valence-electron chi connectivity index (χ2n) is 3.01. The summed E-state index contributed by atoms with van der Waals surface area (Å²) in [4.78, 5) is 11.3. The third-order valence-corrected chi connectivity index (χ3v) is 2.80. The summed E-state index contributed by atoms with van der Waals surface area (Å²) in [6, 6.07) is 2.14. The quantitative estimate of drug-likeness (QED) is 0.827. The van der Waals surface area contributed by atoms with Crippen LogP contribution in [0.5, 0.6) is 11.5 Å². The molecule has 1 aromatic rings. The molecule has 7 heteroatoms. The number of carbonyl (C=O) groups is 1. The Hall–Kier alpha value is -0.980. The van der Waals surface area contributed by atoms with Crippen LogP contribution >= 0.6 is 28.3 Å². The molecule has 1 atom stereocenters. The van der Waals surface area contributed by atoms with Gasteiger partial charge in [-0.3, -0.25) is 4.79 Å². The topological polar surface area (TPSA) is 81.8 Å². The minimum atomic E-state index is -1.06. The van der Waals surface area contributed by atoms with Crippen LogP contribution in [0.1, 0.15) is 11.6 Å². The molecular weight excluding hydrogens is 313 g/mol. The smallest absolute Gasteiger partial charge is 0.327 e. The molecule has 5 nitrogen and oxygen atoms in total. The first-order chi connectivity index (χ1) is 7.52. The van der Waals surface area contributed by atoms with Crippen molar-refractivity contribution in [1.29, 1.82) is 0 Å². The average molecular weight is 327 g/mol. The highest BCUT2D eigenvalue weighted by Crippen LogP contribution is 2.38. The molecule has 0 heterocycles. The van der Waals surface area contributed by atoms with E-state index in [9.17, 15) is 9.90 Å². The van der Waals surface area contributed by atoms with Gasteiger partial charge in [0.1, 0.15) is 6.04 Å². The Kier molecular flexibility index (Phi) is 6.30. The van der Waals surface area contributed by atoms with Crippen molar-refractivity contribution in [3.8, 4) is 11.5 Å². The second-order valence-corrected chi connectivity index (χ2v) is 3.87. The van der Waals surface area contributed by atoms with Gasteiger partial charge in [0.25, 0.3) is 0 Å². The maximum Gasteiger partial charge on any atom is 0.327 e. The molecule has 0 aliphatic carbocycles. The molecule has 0 saturated carbocycles. The zero-order chi connectivity index (χ0) is 12.3. The van der Waals surface area contributed by atoms with Gasteiger partial charge in [-0.05, 0) is 12.1 Å². The Labute approximate surface area is 113 Å². The number of rotatable bonds is 3. The summed E-state index contributed by atoms with van der Waals surface area (Å²) in [5.74, 6) is -0.559. The Bertz CT molecular complexity index is 414. The molecule has 0 aromatic heterocycles. The third kappa shape index (κ3) is 3.24. The van der Waals surface area contributed by atoms with Gasteiger partial charge in [0, 0.05) is 10.0 Å². The summed E-state index contributed by atoms with van der Waals surface area (Å²) in [5, 5.41) is 9.84. The zero-order valence-electron chi connectivity index (χ0n) is 9.27. The predicted molar refractivity (Wildman–Crippen MR) is 68.6 cm³/mol. The molecule has 0 spiro atoms. The fourth-order valence-electron chi connectivity index (χ4n) is 1.27. The summed E-state index contributed by atoms with van der Waals surface area (Å²) in [6.07, 6.45) is 0. The molecule has 0 amide bonds. The molecule has 0 aliphatic heterocycles. The fraction of sp³-hybridized carbons (Fsp3) is 0.300. The van der Waals surface area contributed by atoms with E-state index < -0.39 is 12.0 Å². The number of carbonyl (C=O) groups excluding carboxylic acids is 1. The van der Waals surface area contributed by atoms with E-state index in [0.29, 0.717) is 4.47 Å². The summed E-state index contributed by atoms with van der Waals surface area (Å²) in [7, 11) is 2.64. The SMILES string of the molecule is COC(=O)[C@H](N)c1c(Br)ccc(OC)c1O.Cl. The molecular formula is C10H13BrClNO4. The van der Waals surface area contributed by atoms with E-state index in [4.69, 9.17) is 10.5 Å². The number of methoxy groups -OCH3 is 2. The van der Waals surface area contributed by atoms with Gasteiger partial charge >= 0.3 is 5.97 Å². The lowest BCUT2D eigenvalue weighted by molar-refractivity contribution is -0.142. The van der Waals surface area contributed by atoms with Gasteiger partial charge in [-0.2, -0.15) is 0 Å². The summed E-state index contributed by atoms with van der Waals surface area (Å²) in [6.45, 7) is 0. The lowest BCUT2D eigenvalue weighted by atomic mass is 10.1. The van der Waals surface area contributed by atoms with Crippen molar-refractivity contribution in [2.75, 3.05) is 14.2 Å². The molecule has 3 N–H and O–H groups in total. The van der Waals surface area contributed by atoms with E-state index in [-0.39, 0.29) is 29.5 Å². The van der Waals surface area contributed by atoms with E-state index in [0.717, 1.165) is 0 Å². The van der Waals surface area contributed by atoms with Gasteiger partial charge in [-0.1, -0.05) is 15.9 Å². The van der Waals surface area contributed by atoms with Crippen LogP contribution in [-0.4, -0.2) is 25.3 Å². The average Bonchev–Trinajstić information content (AvgIpc) is 2.28. The van der Waals surface area contributed by atoms with E-state index in [1.165, 1.54) is 14.2 Å². The predicted octanol–water partition coefficient (Wildman–Crippen LogP) is 1.76. The Balaban J connectivity index is 0.00000256. The number of benzene rings is 1. The maximum atomic E-state index is 11.3. The van der Waals surface area contributed by atoms with Gasteiger partial charge in [0.05, 0.1) is 14.2 Å². The van der Waals surface area contributed by atoms with Gasteiger partial charge in [0.15, 0.2) is 11.5 Å². The van der Waals surface area contributed by atoms with Crippen LogP contribution in [0.2, 0.25) is 0 Å². The second kappa shape index (κ2) is 6.68. The number of phenolic OH excluding ortho intramolecular Hbond substituents is 1. The molecule has 17 heavy (non-hydrogen) atoms. The molecule has 0 fully saturated rings.